The maximum atomic E-state index is 15.0. The molecule has 2 N–H and O–H groups in total. The molecule has 0 radical (unpaired) electrons. The van der Waals surface area contributed by atoms with Gasteiger partial charge in [-0.25, -0.2) is 14.2 Å². The van der Waals surface area contributed by atoms with Crippen LogP contribution < -0.4 is 15.1 Å². The lowest BCUT2D eigenvalue weighted by Gasteiger charge is -2.36. The molecule has 2 saturated heterocycles. The molecule has 3 heterocycles. The molecule has 0 bridgehead atoms. The Bertz CT molecular complexity index is 1170. The third-order valence-corrected chi connectivity index (χ3v) is 6.22. The maximum Gasteiger partial charge on any atom is 0.414 e. The number of hydrogen-bond acceptors (Lipinski definition) is 6. The van der Waals surface area contributed by atoms with Crippen molar-refractivity contribution in [2.45, 2.75) is 19.6 Å². The lowest BCUT2D eigenvalue weighted by atomic mass is 10.2. The zero-order chi connectivity index (χ0) is 23.7. The average molecular weight is 467 g/mol. The molecule has 9 nitrogen and oxygen atoms in total. The molecule has 2 fully saturated rings. The zero-order valence-electron chi connectivity index (χ0n) is 19.0. The van der Waals surface area contributed by atoms with Crippen molar-refractivity contribution in [3.8, 4) is 0 Å². The summed E-state index contributed by atoms with van der Waals surface area (Å²) < 4.78 is 20.3. The average Bonchev–Trinajstić information content (AvgIpc) is 3.40. The van der Waals surface area contributed by atoms with Crippen molar-refractivity contribution in [1.82, 2.24) is 20.2 Å². The highest BCUT2D eigenvalue weighted by Gasteiger charge is 2.33. The number of carbonyl (C=O) groups excluding carboxylic acids is 2. The number of nitrogens with zero attached hydrogens (tertiary/aromatic N) is 4. The predicted octanol–water partition coefficient (Wildman–Crippen LogP) is 2.49. The second-order valence-electron chi connectivity index (χ2n) is 8.65. The molecule has 0 saturated carbocycles. The molecule has 34 heavy (non-hydrogen) atoms. The van der Waals surface area contributed by atoms with Crippen LogP contribution in [-0.2, 0) is 16.1 Å². The number of H-pyrrole nitrogens is 1. The monoisotopic (exact) mass is 466 g/mol. The van der Waals surface area contributed by atoms with Crippen molar-refractivity contribution < 1.29 is 18.7 Å². The molecule has 10 heteroatoms. The number of ether oxygens (including phenoxy) is 1. The van der Waals surface area contributed by atoms with Crippen molar-refractivity contribution >= 4 is 34.4 Å². The first-order valence-corrected chi connectivity index (χ1v) is 11.4. The van der Waals surface area contributed by atoms with E-state index in [0.717, 1.165) is 36.5 Å². The Morgan fingerprint density at radius 2 is 2.00 bits per heavy atom. The maximum absolute atomic E-state index is 15.0. The molecule has 0 aliphatic carbocycles. The Kier molecular flexibility index (Phi) is 6.06. The fraction of sp³-hybridized carbons (Fsp3) is 0.375. The van der Waals surface area contributed by atoms with E-state index in [2.05, 4.69) is 20.2 Å². The molecule has 2 aromatic carbocycles. The van der Waals surface area contributed by atoms with E-state index in [9.17, 15) is 9.59 Å². The van der Waals surface area contributed by atoms with Gasteiger partial charge in [-0.1, -0.05) is 12.1 Å². The first-order chi connectivity index (χ1) is 16.5. The molecular weight excluding hydrogens is 439 g/mol. The fourth-order valence-electron chi connectivity index (χ4n) is 4.46. The number of aromatic amines is 1. The second kappa shape index (κ2) is 9.30. The van der Waals surface area contributed by atoms with Gasteiger partial charge < -0.3 is 19.9 Å². The van der Waals surface area contributed by atoms with Crippen molar-refractivity contribution in [1.29, 1.82) is 0 Å². The third-order valence-electron chi connectivity index (χ3n) is 6.22. The number of hydrogen-bond donors (Lipinski definition) is 2. The topological polar surface area (TPSA) is 93.8 Å². The van der Waals surface area contributed by atoms with Gasteiger partial charge in [0.1, 0.15) is 17.7 Å². The van der Waals surface area contributed by atoms with E-state index >= 15 is 4.39 Å². The van der Waals surface area contributed by atoms with Crippen LogP contribution in [0.2, 0.25) is 0 Å². The standard InChI is InChI=1S/C24H27FN6O3/c1-16(32)26-13-18-14-31(24(33)34-18)17-6-7-22(19(25)12-17)30-10-8-29(9-11-30)15-23-27-20-4-2-3-5-21(20)28-23/h2-7,12,18H,8-11,13-15H2,1H3,(H,26,32)(H,27,28)/t18-/m0/s1. The first kappa shape index (κ1) is 22.1. The molecule has 2 aliphatic heterocycles. The van der Waals surface area contributed by atoms with Crippen molar-refractivity contribution in [2.24, 2.45) is 0 Å². The number of rotatable bonds is 6. The van der Waals surface area contributed by atoms with Crippen LogP contribution >= 0.6 is 0 Å². The van der Waals surface area contributed by atoms with E-state index in [1.165, 1.54) is 17.9 Å². The van der Waals surface area contributed by atoms with Crippen LogP contribution in [0.25, 0.3) is 11.0 Å². The van der Waals surface area contributed by atoms with Gasteiger partial charge in [0.25, 0.3) is 0 Å². The number of anilines is 2. The SMILES string of the molecule is CC(=O)NC[C@H]1CN(c2ccc(N3CCN(Cc4nc5ccccc5[nH]4)CC3)c(F)c2)C(=O)O1. The number of fused-ring (bicyclic) bond motifs is 1. The molecular formula is C24H27FN6O3. The van der Waals surface area contributed by atoms with Gasteiger partial charge in [-0.15, -0.1) is 0 Å². The molecule has 0 unspecified atom stereocenters. The molecule has 0 spiro atoms. The summed E-state index contributed by atoms with van der Waals surface area (Å²) in [6.45, 7) is 5.60. The zero-order valence-corrected chi connectivity index (χ0v) is 19.0. The van der Waals surface area contributed by atoms with Crippen molar-refractivity contribution in [3.05, 3.63) is 54.1 Å². The number of amides is 2. The van der Waals surface area contributed by atoms with E-state index in [4.69, 9.17) is 4.74 Å². The van der Waals surface area contributed by atoms with Gasteiger partial charge in [0.2, 0.25) is 5.91 Å². The highest BCUT2D eigenvalue weighted by Crippen LogP contribution is 2.28. The van der Waals surface area contributed by atoms with Gasteiger partial charge in [0, 0.05) is 33.1 Å². The van der Waals surface area contributed by atoms with Crippen LogP contribution in [0.15, 0.2) is 42.5 Å². The fourth-order valence-corrected chi connectivity index (χ4v) is 4.46. The van der Waals surface area contributed by atoms with Gasteiger partial charge in [0.05, 0.1) is 42.0 Å². The summed E-state index contributed by atoms with van der Waals surface area (Å²) in [6, 6.07) is 12.8. The second-order valence-corrected chi connectivity index (χ2v) is 8.65. The van der Waals surface area contributed by atoms with E-state index in [0.29, 0.717) is 24.5 Å². The molecule has 1 aromatic heterocycles. The minimum absolute atomic E-state index is 0.192. The number of nitrogens with one attached hydrogen (secondary N) is 2. The number of aromatic nitrogens is 2. The molecule has 1 atom stereocenters. The number of piperazine rings is 1. The van der Waals surface area contributed by atoms with Crippen LogP contribution in [0.4, 0.5) is 20.6 Å². The number of carbonyl (C=O) groups is 2. The van der Waals surface area contributed by atoms with E-state index < -0.39 is 12.2 Å². The summed E-state index contributed by atoms with van der Waals surface area (Å²) in [4.78, 5) is 37.0. The summed E-state index contributed by atoms with van der Waals surface area (Å²) in [5.74, 6) is 0.364. The summed E-state index contributed by atoms with van der Waals surface area (Å²) in [5, 5.41) is 2.64. The normalized spacial score (nSPS) is 19.0. The Labute approximate surface area is 196 Å². The van der Waals surface area contributed by atoms with E-state index in [-0.39, 0.29) is 24.8 Å². The smallest absolute Gasteiger partial charge is 0.414 e. The Morgan fingerprint density at radius 1 is 1.21 bits per heavy atom. The van der Waals surface area contributed by atoms with Crippen LogP contribution in [-0.4, -0.2) is 72.2 Å². The highest BCUT2D eigenvalue weighted by atomic mass is 19.1. The minimum atomic E-state index is -0.540. The van der Waals surface area contributed by atoms with Crippen LogP contribution in [0.5, 0.6) is 0 Å². The Morgan fingerprint density at radius 3 is 2.74 bits per heavy atom. The van der Waals surface area contributed by atoms with Gasteiger partial charge in [-0.3, -0.25) is 14.6 Å². The van der Waals surface area contributed by atoms with Crippen LogP contribution in [0, 0.1) is 5.82 Å². The summed E-state index contributed by atoms with van der Waals surface area (Å²) >= 11 is 0. The number of cyclic esters (lactones) is 1. The van der Waals surface area contributed by atoms with E-state index in [1.807, 2.05) is 29.2 Å². The highest BCUT2D eigenvalue weighted by molar-refractivity contribution is 5.90. The van der Waals surface area contributed by atoms with Crippen LogP contribution in [0.1, 0.15) is 12.7 Å². The Hall–Kier alpha value is -3.66. The predicted molar refractivity (Wildman–Crippen MR) is 126 cm³/mol. The number of para-hydroxylation sites is 2. The lowest BCUT2D eigenvalue weighted by molar-refractivity contribution is -0.119. The minimum Gasteiger partial charge on any atom is -0.442 e. The van der Waals surface area contributed by atoms with E-state index in [1.54, 1.807) is 12.1 Å². The molecule has 2 amide bonds. The Balaban J connectivity index is 1.18. The van der Waals surface area contributed by atoms with Gasteiger partial charge in [-0.2, -0.15) is 0 Å². The molecule has 2 aliphatic rings. The van der Waals surface area contributed by atoms with Gasteiger partial charge in [-0.05, 0) is 30.3 Å². The van der Waals surface area contributed by atoms with Gasteiger partial charge in [0.15, 0.2) is 0 Å². The third kappa shape index (κ3) is 4.67. The number of halogens is 1. The number of benzene rings is 2. The summed E-state index contributed by atoms with van der Waals surface area (Å²) in [5.41, 5.74) is 2.96. The summed E-state index contributed by atoms with van der Waals surface area (Å²) in [7, 11) is 0. The number of imidazole rings is 1. The largest absolute Gasteiger partial charge is 0.442 e. The molecule has 5 rings (SSSR count). The first-order valence-electron chi connectivity index (χ1n) is 11.4. The molecule has 178 valence electrons. The van der Waals surface area contributed by atoms with Crippen LogP contribution in [0.3, 0.4) is 0 Å². The summed E-state index contributed by atoms with van der Waals surface area (Å²) in [6.07, 6.45) is -0.999. The quantitative estimate of drug-likeness (QED) is 0.580. The van der Waals surface area contributed by atoms with Crippen molar-refractivity contribution in [3.63, 3.8) is 0 Å². The van der Waals surface area contributed by atoms with Crippen molar-refractivity contribution in [2.75, 3.05) is 49.1 Å². The lowest BCUT2D eigenvalue weighted by Crippen LogP contribution is -2.46. The van der Waals surface area contributed by atoms with Gasteiger partial charge >= 0.3 is 6.09 Å². The molecule has 3 aromatic rings.